The number of hydrogen-bond donors (Lipinski definition) is 1. The molecular weight excluding hydrogens is 362 g/mol. The van der Waals surface area contributed by atoms with Crippen LogP contribution in [0.3, 0.4) is 0 Å². The summed E-state index contributed by atoms with van der Waals surface area (Å²) in [6, 6.07) is 3.71. The Morgan fingerprint density at radius 1 is 1.22 bits per heavy atom. The molecule has 0 radical (unpaired) electrons. The molecule has 18 heavy (non-hydrogen) atoms. The number of oxime groups is 1. The van der Waals surface area contributed by atoms with E-state index in [2.05, 4.69) is 43.9 Å². The molecule has 0 aliphatic rings. The predicted molar refractivity (Wildman–Crippen MR) is 80.9 cm³/mol. The van der Waals surface area contributed by atoms with Crippen LogP contribution in [0.2, 0.25) is 0 Å². The molecule has 1 rings (SSSR count). The number of ether oxygens (including phenoxy) is 1. The van der Waals surface area contributed by atoms with Crippen molar-refractivity contribution in [2.75, 3.05) is 6.61 Å². The van der Waals surface area contributed by atoms with Crippen molar-refractivity contribution in [3.05, 3.63) is 26.6 Å². The van der Waals surface area contributed by atoms with Crippen molar-refractivity contribution in [3.8, 4) is 5.75 Å². The minimum atomic E-state index is 0.713. The summed E-state index contributed by atoms with van der Waals surface area (Å²) in [5.41, 5.74) is 0.801. The monoisotopic (exact) mass is 377 g/mol. The van der Waals surface area contributed by atoms with Crippen LogP contribution in [0.4, 0.5) is 0 Å². The van der Waals surface area contributed by atoms with Crippen molar-refractivity contribution in [2.45, 2.75) is 32.6 Å². The third-order valence-corrected chi connectivity index (χ3v) is 3.65. The zero-order chi connectivity index (χ0) is 13.4. The summed E-state index contributed by atoms with van der Waals surface area (Å²) in [5.74, 6) is 0.793. The molecule has 5 heteroatoms. The van der Waals surface area contributed by atoms with Crippen LogP contribution >= 0.6 is 31.9 Å². The minimum Gasteiger partial charge on any atom is -0.491 e. The Balaban J connectivity index is 2.60. The Kier molecular flexibility index (Phi) is 7.35. The first kappa shape index (κ1) is 15.5. The topological polar surface area (TPSA) is 41.8 Å². The molecule has 3 nitrogen and oxygen atoms in total. The lowest BCUT2D eigenvalue weighted by molar-refractivity contribution is 0.301. The molecule has 0 bridgehead atoms. The minimum absolute atomic E-state index is 0.713. The molecule has 100 valence electrons. The summed E-state index contributed by atoms with van der Waals surface area (Å²) in [4.78, 5) is 0. The average Bonchev–Trinajstić information content (AvgIpc) is 2.32. The summed E-state index contributed by atoms with van der Waals surface area (Å²) in [5, 5.41) is 11.5. The lowest BCUT2D eigenvalue weighted by Crippen LogP contribution is -1.99. The van der Waals surface area contributed by atoms with Gasteiger partial charge in [-0.25, -0.2) is 0 Å². The van der Waals surface area contributed by atoms with Gasteiger partial charge < -0.3 is 9.94 Å². The van der Waals surface area contributed by atoms with Crippen LogP contribution in [0.15, 0.2) is 26.2 Å². The molecule has 0 unspecified atom stereocenters. The molecule has 0 fully saturated rings. The van der Waals surface area contributed by atoms with Gasteiger partial charge in [-0.2, -0.15) is 0 Å². The van der Waals surface area contributed by atoms with E-state index >= 15 is 0 Å². The second-order valence-electron chi connectivity index (χ2n) is 3.97. The van der Waals surface area contributed by atoms with Crippen LogP contribution in [0.5, 0.6) is 5.75 Å². The zero-order valence-corrected chi connectivity index (χ0v) is 13.5. The maximum Gasteiger partial charge on any atom is 0.147 e. The largest absolute Gasteiger partial charge is 0.491 e. The molecule has 0 aliphatic heterocycles. The Morgan fingerprint density at radius 2 is 1.89 bits per heavy atom. The summed E-state index contributed by atoms with van der Waals surface area (Å²) in [7, 11) is 0. The fourth-order valence-electron chi connectivity index (χ4n) is 1.56. The third-order valence-electron chi connectivity index (χ3n) is 2.47. The smallest absolute Gasteiger partial charge is 0.147 e. The van der Waals surface area contributed by atoms with Crippen molar-refractivity contribution in [1.82, 2.24) is 0 Å². The molecule has 0 aliphatic carbocycles. The molecule has 0 saturated heterocycles. The van der Waals surface area contributed by atoms with E-state index in [9.17, 15) is 0 Å². The van der Waals surface area contributed by atoms with Crippen LogP contribution in [0, 0.1) is 0 Å². The molecule has 1 N–H and O–H groups in total. The second-order valence-corrected chi connectivity index (χ2v) is 5.68. The summed E-state index contributed by atoms with van der Waals surface area (Å²) in [6.07, 6.45) is 6.11. The van der Waals surface area contributed by atoms with Gasteiger partial charge >= 0.3 is 0 Å². The van der Waals surface area contributed by atoms with E-state index in [-0.39, 0.29) is 0 Å². The SMILES string of the molecule is CCCCCCOc1c(Br)cc(C=NO)cc1Br. The first-order valence-electron chi connectivity index (χ1n) is 5.98. The van der Waals surface area contributed by atoms with E-state index in [0.29, 0.717) is 6.61 Å². The van der Waals surface area contributed by atoms with Gasteiger partial charge in [0.25, 0.3) is 0 Å². The molecule has 0 saturated carbocycles. The third kappa shape index (κ3) is 4.98. The van der Waals surface area contributed by atoms with Crippen LogP contribution < -0.4 is 4.74 Å². The van der Waals surface area contributed by atoms with Crippen molar-refractivity contribution < 1.29 is 9.94 Å². The quantitative estimate of drug-likeness (QED) is 0.314. The number of nitrogens with zero attached hydrogens (tertiary/aromatic N) is 1. The normalized spacial score (nSPS) is 11.1. The summed E-state index contributed by atoms with van der Waals surface area (Å²) < 4.78 is 7.45. The van der Waals surface area contributed by atoms with Crippen molar-refractivity contribution in [2.24, 2.45) is 5.16 Å². The molecule has 1 aromatic carbocycles. The molecule has 0 amide bonds. The van der Waals surface area contributed by atoms with Gasteiger partial charge in [0, 0.05) is 0 Å². The van der Waals surface area contributed by atoms with E-state index in [1.165, 1.54) is 25.5 Å². The van der Waals surface area contributed by atoms with Gasteiger partial charge in [0.2, 0.25) is 0 Å². The van der Waals surface area contributed by atoms with E-state index in [1.807, 2.05) is 12.1 Å². The summed E-state index contributed by atoms with van der Waals surface area (Å²) in [6.45, 7) is 2.90. The summed E-state index contributed by atoms with van der Waals surface area (Å²) >= 11 is 6.91. The number of hydrogen-bond acceptors (Lipinski definition) is 3. The Hall–Kier alpha value is -0.550. The molecule has 0 aromatic heterocycles. The van der Waals surface area contributed by atoms with Crippen LogP contribution in [0.1, 0.15) is 38.2 Å². The van der Waals surface area contributed by atoms with Gasteiger partial charge in [0.15, 0.2) is 0 Å². The number of rotatable bonds is 7. The van der Waals surface area contributed by atoms with Gasteiger partial charge in [0.05, 0.1) is 21.8 Å². The van der Waals surface area contributed by atoms with Crippen LogP contribution in [-0.4, -0.2) is 18.0 Å². The standard InChI is InChI=1S/C13H17Br2NO2/c1-2-3-4-5-6-18-13-11(14)7-10(9-16-17)8-12(13)15/h7-9,17H,2-6H2,1H3. The van der Waals surface area contributed by atoms with Crippen molar-refractivity contribution in [1.29, 1.82) is 0 Å². The lowest BCUT2D eigenvalue weighted by atomic mass is 10.2. The van der Waals surface area contributed by atoms with E-state index < -0.39 is 0 Å². The van der Waals surface area contributed by atoms with Crippen molar-refractivity contribution in [3.63, 3.8) is 0 Å². The maximum absolute atomic E-state index is 8.50. The maximum atomic E-state index is 8.50. The molecule has 0 spiro atoms. The van der Waals surface area contributed by atoms with E-state index in [4.69, 9.17) is 9.94 Å². The molecular formula is C13H17Br2NO2. The highest BCUT2D eigenvalue weighted by Crippen LogP contribution is 2.34. The lowest BCUT2D eigenvalue weighted by Gasteiger charge is -2.11. The fourth-order valence-corrected chi connectivity index (χ4v) is 3.01. The van der Waals surface area contributed by atoms with Gasteiger partial charge in [-0.15, -0.1) is 0 Å². The Labute approximate surface area is 124 Å². The highest BCUT2D eigenvalue weighted by atomic mass is 79.9. The van der Waals surface area contributed by atoms with Crippen molar-refractivity contribution >= 4 is 38.1 Å². The highest BCUT2D eigenvalue weighted by molar-refractivity contribution is 9.11. The molecule has 0 atom stereocenters. The van der Waals surface area contributed by atoms with Gasteiger partial charge in [-0.1, -0.05) is 31.3 Å². The zero-order valence-electron chi connectivity index (χ0n) is 10.3. The molecule has 0 heterocycles. The first-order chi connectivity index (χ1) is 8.69. The van der Waals surface area contributed by atoms with Gasteiger partial charge in [-0.05, 0) is 56.0 Å². The molecule has 1 aromatic rings. The number of unbranched alkanes of at least 4 members (excludes halogenated alkanes) is 3. The first-order valence-corrected chi connectivity index (χ1v) is 7.57. The predicted octanol–water partition coefficient (Wildman–Crippen LogP) is 4.98. The average molecular weight is 379 g/mol. The highest BCUT2D eigenvalue weighted by Gasteiger charge is 2.08. The van der Waals surface area contributed by atoms with Crippen LogP contribution in [-0.2, 0) is 0 Å². The number of halogens is 2. The number of benzene rings is 1. The Bertz CT molecular complexity index is 385. The van der Waals surface area contributed by atoms with Gasteiger partial charge in [0.1, 0.15) is 5.75 Å². The van der Waals surface area contributed by atoms with Gasteiger partial charge in [-0.3, -0.25) is 0 Å². The Morgan fingerprint density at radius 3 is 2.44 bits per heavy atom. The van der Waals surface area contributed by atoms with E-state index in [0.717, 1.165) is 26.7 Å². The van der Waals surface area contributed by atoms with E-state index in [1.54, 1.807) is 0 Å². The van der Waals surface area contributed by atoms with Crippen LogP contribution in [0.25, 0.3) is 0 Å². The second kappa shape index (κ2) is 8.53. The fraction of sp³-hybridized carbons (Fsp3) is 0.462.